The van der Waals surface area contributed by atoms with E-state index in [9.17, 15) is 9.59 Å². The SMILES string of the molecule is O=C(O)C(=CCCCCCBr)NC(=O)C1CC1(Cl)Cl. The van der Waals surface area contributed by atoms with E-state index in [2.05, 4.69) is 21.2 Å². The van der Waals surface area contributed by atoms with Gasteiger partial charge < -0.3 is 10.4 Å². The average molecular weight is 373 g/mol. The van der Waals surface area contributed by atoms with Gasteiger partial charge in [0.25, 0.3) is 0 Å². The molecular weight excluding hydrogens is 357 g/mol. The number of carbonyl (C=O) groups excluding carboxylic acids is 1. The first-order chi connectivity index (χ1) is 8.88. The first-order valence-corrected chi connectivity index (χ1v) is 7.94. The van der Waals surface area contributed by atoms with E-state index < -0.39 is 22.1 Å². The molecular formula is C12H16BrCl2NO3. The second-order valence-electron chi connectivity index (χ2n) is 4.47. The lowest BCUT2D eigenvalue weighted by Gasteiger charge is -2.06. The molecule has 0 saturated heterocycles. The van der Waals surface area contributed by atoms with Crippen LogP contribution in [-0.2, 0) is 9.59 Å². The molecule has 1 saturated carbocycles. The molecule has 0 aromatic rings. The van der Waals surface area contributed by atoms with Crippen molar-refractivity contribution >= 4 is 51.0 Å². The molecule has 1 aliphatic carbocycles. The van der Waals surface area contributed by atoms with Crippen LogP contribution >= 0.6 is 39.1 Å². The Morgan fingerprint density at radius 3 is 2.47 bits per heavy atom. The Morgan fingerprint density at radius 1 is 1.37 bits per heavy atom. The number of allylic oxidation sites excluding steroid dienone is 1. The molecule has 2 N–H and O–H groups in total. The van der Waals surface area contributed by atoms with Gasteiger partial charge >= 0.3 is 5.97 Å². The highest BCUT2D eigenvalue weighted by molar-refractivity contribution is 9.09. The number of aliphatic carboxylic acids is 1. The predicted molar refractivity (Wildman–Crippen MR) is 78.7 cm³/mol. The summed E-state index contributed by atoms with van der Waals surface area (Å²) in [6.07, 6.45) is 5.45. The van der Waals surface area contributed by atoms with Crippen molar-refractivity contribution in [3.63, 3.8) is 0 Å². The summed E-state index contributed by atoms with van der Waals surface area (Å²) in [7, 11) is 0. The minimum Gasteiger partial charge on any atom is -0.477 e. The van der Waals surface area contributed by atoms with Crippen LogP contribution in [0.5, 0.6) is 0 Å². The van der Waals surface area contributed by atoms with E-state index in [1.165, 1.54) is 6.08 Å². The maximum atomic E-state index is 11.7. The highest BCUT2D eigenvalue weighted by Gasteiger charge is 2.56. The third kappa shape index (κ3) is 5.71. The van der Waals surface area contributed by atoms with Gasteiger partial charge in [-0.25, -0.2) is 4.79 Å². The second kappa shape index (κ2) is 7.50. The molecule has 1 unspecified atom stereocenters. The monoisotopic (exact) mass is 371 g/mol. The number of carboxylic acid groups (broad SMARTS) is 1. The number of alkyl halides is 3. The minimum atomic E-state index is -1.15. The van der Waals surface area contributed by atoms with Crippen molar-refractivity contribution < 1.29 is 14.7 Å². The van der Waals surface area contributed by atoms with Gasteiger partial charge in [-0.15, -0.1) is 23.2 Å². The number of amides is 1. The standard InChI is InChI=1S/C12H16BrCl2NO3/c13-6-4-2-1-3-5-9(11(18)19)16-10(17)8-7-12(8,14)15/h5,8H,1-4,6-7H2,(H,16,17)(H,18,19). The Hall–Kier alpha value is -0.260. The first-order valence-electron chi connectivity index (χ1n) is 6.06. The van der Waals surface area contributed by atoms with E-state index in [4.69, 9.17) is 28.3 Å². The summed E-state index contributed by atoms with van der Waals surface area (Å²) in [4.78, 5) is 22.7. The number of carboxylic acids is 1. The molecule has 0 bridgehead atoms. The fraction of sp³-hybridized carbons (Fsp3) is 0.667. The molecule has 0 aliphatic heterocycles. The van der Waals surface area contributed by atoms with E-state index in [1.807, 2.05) is 0 Å². The molecule has 1 amide bonds. The molecule has 0 heterocycles. The van der Waals surface area contributed by atoms with Gasteiger partial charge in [0.15, 0.2) is 0 Å². The first kappa shape index (κ1) is 16.8. The van der Waals surface area contributed by atoms with Gasteiger partial charge in [0.2, 0.25) is 5.91 Å². The third-order valence-corrected chi connectivity index (χ3v) is 4.21. The molecule has 0 spiro atoms. The van der Waals surface area contributed by atoms with E-state index >= 15 is 0 Å². The maximum absolute atomic E-state index is 11.7. The molecule has 0 radical (unpaired) electrons. The molecule has 0 aromatic carbocycles. The topological polar surface area (TPSA) is 66.4 Å². The summed E-state index contributed by atoms with van der Waals surface area (Å²) >= 11 is 14.8. The zero-order valence-electron chi connectivity index (χ0n) is 10.3. The molecule has 1 fully saturated rings. The van der Waals surface area contributed by atoms with Crippen molar-refractivity contribution in [2.75, 3.05) is 5.33 Å². The Morgan fingerprint density at radius 2 is 2.00 bits per heavy atom. The van der Waals surface area contributed by atoms with Crippen molar-refractivity contribution in [3.05, 3.63) is 11.8 Å². The molecule has 1 atom stereocenters. The number of nitrogens with one attached hydrogen (secondary N) is 1. The number of rotatable bonds is 8. The maximum Gasteiger partial charge on any atom is 0.352 e. The fourth-order valence-corrected chi connectivity index (χ4v) is 2.47. The Kier molecular flexibility index (Phi) is 6.63. The Bertz CT molecular complexity index is 385. The zero-order valence-corrected chi connectivity index (χ0v) is 13.4. The lowest BCUT2D eigenvalue weighted by Crippen LogP contribution is -2.30. The fourth-order valence-electron chi connectivity index (χ4n) is 1.57. The second-order valence-corrected chi connectivity index (χ2v) is 6.80. The lowest BCUT2D eigenvalue weighted by molar-refractivity contribution is -0.134. The highest BCUT2D eigenvalue weighted by atomic mass is 79.9. The van der Waals surface area contributed by atoms with Gasteiger partial charge in [0.05, 0.1) is 5.92 Å². The van der Waals surface area contributed by atoms with Crippen LogP contribution in [0.25, 0.3) is 0 Å². The third-order valence-electron chi connectivity index (χ3n) is 2.82. The number of unbranched alkanes of at least 4 members (excludes halogenated alkanes) is 3. The van der Waals surface area contributed by atoms with Gasteiger partial charge in [-0.2, -0.15) is 0 Å². The van der Waals surface area contributed by atoms with Crippen LogP contribution in [0.3, 0.4) is 0 Å². The van der Waals surface area contributed by atoms with Crippen LogP contribution in [0.4, 0.5) is 0 Å². The summed E-state index contributed by atoms with van der Waals surface area (Å²) in [5.74, 6) is -2.10. The zero-order chi connectivity index (χ0) is 14.5. The molecule has 0 aromatic heterocycles. The van der Waals surface area contributed by atoms with Crippen LogP contribution in [0.2, 0.25) is 0 Å². The van der Waals surface area contributed by atoms with Crippen molar-refractivity contribution in [1.29, 1.82) is 0 Å². The summed E-state index contributed by atoms with van der Waals surface area (Å²) in [6.45, 7) is 0. The molecule has 19 heavy (non-hydrogen) atoms. The largest absolute Gasteiger partial charge is 0.477 e. The Labute approximate surface area is 130 Å². The Balaban J connectivity index is 2.42. The molecule has 1 rings (SSSR count). The van der Waals surface area contributed by atoms with Gasteiger partial charge in [-0.1, -0.05) is 28.4 Å². The number of halogens is 3. The van der Waals surface area contributed by atoms with Gasteiger partial charge in [-0.3, -0.25) is 4.79 Å². The minimum absolute atomic E-state index is 0.0973. The van der Waals surface area contributed by atoms with Crippen LogP contribution < -0.4 is 5.32 Å². The quantitative estimate of drug-likeness (QED) is 0.390. The summed E-state index contributed by atoms with van der Waals surface area (Å²) in [5, 5.41) is 12.3. The van der Waals surface area contributed by atoms with E-state index in [-0.39, 0.29) is 5.70 Å². The van der Waals surface area contributed by atoms with E-state index in [0.29, 0.717) is 12.8 Å². The van der Waals surface area contributed by atoms with Crippen molar-refractivity contribution in [3.8, 4) is 0 Å². The number of carbonyl (C=O) groups is 2. The van der Waals surface area contributed by atoms with E-state index in [0.717, 1.165) is 24.6 Å². The van der Waals surface area contributed by atoms with Crippen molar-refractivity contribution in [2.24, 2.45) is 5.92 Å². The molecule has 108 valence electrons. The van der Waals surface area contributed by atoms with Gasteiger partial charge in [-0.05, 0) is 25.7 Å². The predicted octanol–water partition coefficient (Wildman–Crippen LogP) is 3.22. The van der Waals surface area contributed by atoms with Gasteiger partial charge in [0.1, 0.15) is 10.0 Å². The summed E-state index contributed by atoms with van der Waals surface area (Å²) in [6, 6.07) is 0. The van der Waals surface area contributed by atoms with Crippen molar-refractivity contribution in [2.45, 2.75) is 36.4 Å². The van der Waals surface area contributed by atoms with Crippen LogP contribution in [0.15, 0.2) is 11.8 Å². The average Bonchev–Trinajstić information content (AvgIpc) is 2.96. The van der Waals surface area contributed by atoms with E-state index in [1.54, 1.807) is 0 Å². The number of hydrogen-bond donors (Lipinski definition) is 2. The highest BCUT2D eigenvalue weighted by Crippen LogP contribution is 2.53. The van der Waals surface area contributed by atoms with Crippen LogP contribution in [0.1, 0.15) is 32.1 Å². The molecule has 4 nitrogen and oxygen atoms in total. The molecule has 1 aliphatic rings. The number of hydrogen-bond acceptors (Lipinski definition) is 2. The lowest BCUT2D eigenvalue weighted by atomic mass is 10.2. The van der Waals surface area contributed by atoms with Crippen LogP contribution in [-0.4, -0.2) is 26.6 Å². The van der Waals surface area contributed by atoms with Gasteiger partial charge in [0, 0.05) is 5.33 Å². The van der Waals surface area contributed by atoms with Crippen molar-refractivity contribution in [1.82, 2.24) is 5.32 Å². The molecule has 7 heteroatoms. The summed E-state index contributed by atoms with van der Waals surface area (Å²) < 4.78 is -1.04. The smallest absolute Gasteiger partial charge is 0.352 e. The normalized spacial score (nSPS) is 21.0. The summed E-state index contributed by atoms with van der Waals surface area (Å²) in [5.41, 5.74) is -0.0973. The van der Waals surface area contributed by atoms with Crippen LogP contribution in [0, 0.1) is 5.92 Å².